The highest BCUT2D eigenvalue weighted by molar-refractivity contribution is 7.88. The Morgan fingerprint density at radius 1 is 1.36 bits per heavy atom. The molecule has 0 spiro atoms. The van der Waals surface area contributed by atoms with Gasteiger partial charge in [0.2, 0.25) is 15.9 Å². The van der Waals surface area contributed by atoms with Crippen LogP contribution in [0.15, 0.2) is 18.2 Å². The first-order valence-corrected chi connectivity index (χ1v) is 7.72. The topological polar surface area (TPSA) is 99.1 Å². The first-order valence-electron chi connectivity index (χ1n) is 5.83. The normalized spacial score (nSPS) is 13.3. The molecule has 120 valence electrons. The van der Waals surface area contributed by atoms with E-state index in [9.17, 15) is 26.4 Å². The van der Waals surface area contributed by atoms with Crippen molar-refractivity contribution in [1.29, 1.82) is 5.26 Å². The molecule has 0 fully saturated rings. The Morgan fingerprint density at radius 3 is 2.41 bits per heavy atom. The zero-order valence-electron chi connectivity index (χ0n) is 11.5. The third-order valence-electron chi connectivity index (χ3n) is 2.50. The SMILES string of the molecule is CC(NS(C)(=O)=O)C(=O)Nc1ccc(C#N)c(C(F)(F)F)c1. The van der Waals surface area contributed by atoms with Gasteiger partial charge in [0.05, 0.1) is 29.5 Å². The lowest BCUT2D eigenvalue weighted by Crippen LogP contribution is -2.41. The van der Waals surface area contributed by atoms with E-state index >= 15 is 0 Å². The maximum atomic E-state index is 12.8. The molecule has 1 atom stereocenters. The number of alkyl halides is 3. The fourth-order valence-electron chi connectivity index (χ4n) is 1.58. The molecule has 0 saturated heterocycles. The number of hydrogen-bond acceptors (Lipinski definition) is 4. The third-order valence-corrected chi connectivity index (χ3v) is 3.28. The summed E-state index contributed by atoms with van der Waals surface area (Å²) in [6, 6.07) is 2.91. The van der Waals surface area contributed by atoms with E-state index < -0.39 is 39.3 Å². The van der Waals surface area contributed by atoms with Crippen molar-refractivity contribution in [2.75, 3.05) is 11.6 Å². The van der Waals surface area contributed by atoms with Crippen molar-refractivity contribution in [2.24, 2.45) is 0 Å². The van der Waals surface area contributed by atoms with Gasteiger partial charge in [-0.05, 0) is 25.1 Å². The number of anilines is 1. The van der Waals surface area contributed by atoms with Crippen LogP contribution in [-0.2, 0) is 21.0 Å². The third kappa shape index (κ3) is 5.01. The van der Waals surface area contributed by atoms with Crippen LogP contribution in [0, 0.1) is 11.3 Å². The van der Waals surface area contributed by atoms with E-state index in [1.54, 1.807) is 0 Å². The van der Waals surface area contributed by atoms with Gasteiger partial charge in [-0.2, -0.15) is 18.4 Å². The molecule has 0 heterocycles. The van der Waals surface area contributed by atoms with Gasteiger partial charge in [-0.3, -0.25) is 4.79 Å². The Kier molecular flexibility index (Phi) is 5.16. The summed E-state index contributed by atoms with van der Waals surface area (Å²) in [6.07, 6.45) is -3.90. The predicted molar refractivity (Wildman–Crippen MR) is 72.2 cm³/mol. The van der Waals surface area contributed by atoms with Crippen LogP contribution in [0.25, 0.3) is 0 Å². The summed E-state index contributed by atoms with van der Waals surface area (Å²) in [7, 11) is -3.64. The van der Waals surface area contributed by atoms with Crippen LogP contribution in [0.2, 0.25) is 0 Å². The van der Waals surface area contributed by atoms with Gasteiger partial charge in [-0.1, -0.05) is 0 Å². The molecule has 6 nitrogen and oxygen atoms in total. The molecule has 0 saturated carbocycles. The van der Waals surface area contributed by atoms with Crippen LogP contribution < -0.4 is 10.0 Å². The monoisotopic (exact) mass is 335 g/mol. The first-order chi connectivity index (χ1) is 9.94. The summed E-state index contributed by atoms with van der Waals surface area (Å²) < 4.78 is 62.3. The minimum absolute atomic E-state index is 0.196. The molecule has 1 aromatic carbocycles. The second-order valence-corrected chi connectivity index (χ2v) is 6.25. The molecule has 1 aromatic rings. The van der Waals surface area contributed by atoms with Crippen LogP contribution in [0.4, 0.5) is 18.9 Å². The van der Waals surface area contributed by atoms with Crippen LogP contribution in [0.1, 0.15) is 18.1 Å². The minimum atomic E-state index is -4.75. The number of nitrogens with one attached hydrogen (secondary N) is 2. The van der Waals surface area contributed by atoms with Gasteiger partial charge in [0, 0.05) is 5.69 Å². The van der Waals surface area contributed by atoms with Crippen molar-refractivity contribution in [3.05, 3.63) is 29.3 Å². The second-order valence-electron chi connectivity index (χ2n) is 4.47. The van der Waals surface area contributed by atoms with Crippen molar-refractivity contribution in [1.82, 2.24) is 4.72 Å². The summed E-state index contributed by atoms with van der Waals surface area (Å²) in [4.78, 5) is 11.7. The zero-order chi connectivity index (χ0) is 17.1. The number of benzene rings is 1. The Bertz CT molecular complexity index is 723. The van der Waals surface area contributed by atoms with Crippen molar-refractivity contribution >= 4 is 21.6 Å². The van der Waals surface area contributed by atoms with Crippen LogP contribution in [-0.4, -0.2) is 26.6 Å². The second kappa shape index (κ2) is 6.33. The highest BCUT2D eigenvalue weighted by Crippen LogP contribution is 2.33. The van der Waals surface area contributed by atoms with Gasteiger partial charge in [0.15, 0.2) is 0 Å². The molecule has 0 aliphatic heterocycles. The quantitative estimate of drug-likeness (QED) is 0.870. The van der Waals surface area contributed by atoms with Gasteiger partial charge in [0.25, 0.3) is 0 Å². The number of halogens is 3. The van der Waals surface area contributed by atoms with Crippen LogP contribution in [0.5, 0.6) is 0 Å². The highest BCUT2D eigenvalue weighted by Gasteiger charge is 2.34. The Hall–Kier alpha value is -2.12. The van der Waals surface area contributed by atoms with Gasteiger partial charge < -0.3 is 5.32 Å². The zero-order valence-corrected chi connectivity index (χ0v) is 12.3. The van der Waals surface area contributed by atoms with E-state index in [4.69, 9.17) is 5.26 Å². The maximum absolute atomic E-state index is 12.8. The van der Waals surface area contributed by atoms with Crippen molar-refractivity contribution in [2.45, 2.75) is 19.1 Å². The maximum Gasteiger partial charge on any atom is 0.417 e. The molecule has 0 aliphatic rings. The molecular weight excluding hydrogens is 323 g/mol. The molecule has 1 unspecified atom stereocenters. The number of carbonyl (C=O) groups is 1. The van der Waals surface area contributed by atoms with Crippen LogP contribution >= 0.6 is 0 Å². The van der Waals surface area contributed by atoms with E-state index in [-0.39, 0.29) is 5.69 Å². The number of rotatable bonds is 4. The summed E-state index contributed by atoms with van der Waals surface area (Å²) in [5.41, 5.74) is -1.96. The molecule has 0 radical (unpaired) electrons. The van der Waals surface area contributed by atoms with E-state index in [0.29, 0.717) is 6.07 Å². The Balaban J connectivity index is 3.01. The standard InChI is InChI=1S/C12H12F3N3O3S/c1-7(18-22(2,20)21)11(19)17-9-4-3-8(6-16)10(5-9)12(13,14)15/h3-5,7,18H,1-2H3,(H,17,19). The van der Waals surface area contributed by atoms with Crippen molar-refractivity contribution in [3.8, 4) is 6.07 Å². The fourth-order valence-corrected chi connectivity index (χ4v) is 2.33. The van der Waals surface area contributed by atoms with Gasteiger partial charge >= 0.3 is 6.18 Å². The summed E-state index contributed by atoms with van der Waals surface area (Å²) in [5.74, 6) is -0.830. The van der Waals surface area contributed by atoms with Crippen molar-refractivity contribution in [3.63, 3.8) is 0 Å². The number of carbonyl (C=O) groups excluding carboxylic acids is 1. The number of nitrogens with zero attached hydrogens (tertiary/aromatic N) is 1. The summed E-state index contributed by atoms with van der Waals surface area (Å²) >= 11 is 0. The average molecular weight is 335 g/mol. The molecule has 0 aliphatic carbocycles. The average Bonchev–Trinajstić information content (AvgIpc) is 2.35. The van der Waals surface area contributed by atoms with E-state index in [0.717, 1.165) is 18.4 Å². The molecule has 0 aromatic heterocycles. The molecule has 0 bridgehead atoms. The molecule has 2 N–H and O–H groups in total. The fraction of sp³-hybridized carbons (Fsp3) is 0.333. The summed E-state index contributed by atoms with van der Waals surface area (Å²) in [5, 5.41) is 10.8. The number of nitriles is 1. The van der Waals surface area contributed by atoms with Gasteiger partial charge in [-0.25, -0.2) is 13.1 Å². The molecule has 10 heteroatoms. The molecular formula is C12H12F3N3O3S. The number of sulfonamides is 1. The number of hydrogen-bond donors (Lipinski definition) is 2. The predicted octanol–water partition coefficient (Wildman–Crippen LogP) is 1.45. The lowest BCUT2D eigenvalue weighted by molar-refractivity contribution is -0.137. The highest BCUT2D eigenvalue weighted by atomic mass is 32.2. The lowest BCUT2D eigenvalue weighted by atomic mass is 10.1. The van der Waals surface area contributed by atoms with E-state index in [1.165, 1.54) is 13.0 Å². The molecule has 1 amide bonds. The largest absolute Gasteiger partial charge is 0.417 e. The number of amides is 1. The summed E-state index contributed by atoms with van der Waals surface area (Å²) in [6.45, 7) is 1.24. The van der Waals surface area contributed by atoms with Crippen LogP contribution in [0.3, 0.4) is 0 Å². The van der Waals surface area contributed by atoms with Crippen molar-refractivity contribution < 1.29 is 26.4 Å². The Labute approximate surface area is 125 Å². The van der Waals surface area contributed by atoms with Gasteiger partial charge in [0.1, 0.15) is 0 Å². The van der Waals surface area contributed by atoms with Gasteiger partial charge in [-0.15, -0.1) is 0 Å². The Morgan fingerprint density at radius 2 is 1.95 bits per heavy atom. The molecule has 1 rings (SSSR count). The minimum Gasteiger partial charge on any atom is -0.325 e. The smallest absolute Gasteiger partial charge is 0.325 e. The van der Waals surface area contributed by atoms with E-state index in [2.05, 4.69) is 5.32 Å². The lowest BCUT2D eigenvalue weighted by Gasteiger charge is -2.14. The molecule has 22 heavy (non-hydrogen) atoms. The first kappa shape index (κ1) is 17.9. The van der Waals surface area contributed by atoms with E-state index in [1.807, 2.05) is 4.72 Å².